The number of anilines is 1. The molecule has 0 atom stereocenters. The number of hydrogen-bond acceptors (Lipinski definition) is 2. The molecule has 0 spiro atoms. The molecule has 0 aliphatic heterocycles. The van der Waals surface area contributed by atoms with E-state index in [-0.39, 0.29) is 5.91 Å². The highest BCUT2D eigenvalue weighted by molar-refractivity contribution is 9.10. The minimum absolute atomic E-state index is 0.236. The lowest BCUT2D eigenvalue weighted by atomic mass is 10.1. The van der Waals surface area contributed by atoms with E-state index in [0.29, 0.717) is 11.3 Å². The van der Waals surface area contributed by atoms with Crippen molar-refractivity contribution < 1.29 is 9.21 Å². The van der Waals surface area contributed by atoms with Gasteiger partial charge in [-0.05, 0) is 49.2 Å². The SMILES string of the molecule is Cc1cccc(C)c1NC(=O)c1cc2ccc(Br)cc2o1. The molecule has 21 heavy (non-hydrogen) atoms. The summed E-state index contributed by atoms with van der Waals surface area (Å²) in [5.41, 5.74) is 3.59. The second-order valence-electron chi connectivity index (χ2n) is 5.01. The standard InChI is InChI=1S/C17H14BrNO2/c1-10-4-3-5-11(2)16(10)19-17(20)15-8-12-6-7-13(18)9-14(12)21-15/h3-9H,1-2H3,(H,19,20). The molecule has 4 heteroatoms. The maximum Gasteiger partial charge on any atom is 0.291 e. The van der Waals surface area contributed by atoms with Crippen molar-refractivity contribution in [2.75, 3.05) is 5.32 Å². The Kier molecular flexibility index (Phi) is 3.55. The summed E-state index contributed by atoms with van der Waals surface area (Å²) >= 11 is 3.39. The van der Waals surface area contributed by atoms with Gasteiger partial charge in [-0.25, -0.2) is 0 Å². The lowest BCUT2D eigenvalue weighted by molar-refractivity contribution is 0.0998. The number of amides is 1. The van der Waals surface area contributed by atoms with E-state index in [2.05, 4.69) is 21.2 Å². The molecular weight excluding hydrogens is 330 g/mol. The van der Waals surface area contributed by atoms with Gasteiger partial charge in [0.1, 0.15) is 5.58 Å². The van der Waals surface area contributed by atoms with Crippen LogP contribution in [-0.4, -0.2) is 5.91 Å². The molecule has 0 bridgehead atoms. The van der Waals surface area contributed by atoms with Gasteiger partial charge >= 0.3 is 0 Å². The van der Waals surface area contributed by atoms with Gasteiger partial charge in [0.2, 0.25) is 0 Å². The number of para-hydroxylation sites is 1. The van der Waals surface area contributed by atoms with E-state index in [0.717, 1.165) is 26.7 Å². The predicted molar refractivity (Wildman–Crippen MR) is 87.8 cm³/mol. The summed E-state index contributed by atoms with van der Waals surface area (Å²) in [6.07, 6.45) is 0. The third-order valence-corrected chi connectivity index (χ3v) is 3.92. The Labute approximate surface area is 131 Å². The van der Waals surface area contributed by atoms with Gasteiger partial charge in [-0.15, -0.1) is 0 Å². The van der Waals surface area contributed by atoms with Gasteiger partial charge in [0, 0.05) is 15.5 Å². The van der Waals surface area contributed by atoms with Gasteiger partial charge in [0.05, 0.1) is 0 Å². The average molecular weight is 344 g/mol. The molecule has 0 unspecified atom stereocenters. The van der Waals surface area contributed by atoms with E-state index in [9.17, 15) is 4.79 Å². The maximum absolute atomic E-state index is 12.4. The van der Waals surface area contributed by atoms with Crippen LogP contribution in [0.4, 0.5) is 5.69 Å². The lowest BCUT2D eigenvalue weighted by Gasteiger charge is -2.09. The predicted octanol–water partition coefficient (Wildman–Crippen LogP) is 5.06. The van der Waals surface area contributed by atoms with Crippen LogP contribution in [0.1, 0.15) is 21.7 Å². The van der Waals surface area contributed by atoms with E-state index in [4.69, 9.17) is 4.42 Å². The van der Waals surface area contributed by atoms with Crippen LogP contribution in [0.25, 0.3) is 11.0 Å². The zero-order chi connectivity index (χ0) is 15.0. The number of nitrogens with one attached hydrogen (secondary N) is 1. The van der Waals surface area contributed by atoms with Gasteiger partial charge in [0.25, 0.3) is 5.91 Å². The van der Waals surface area contributed by atoms with Crippen LogP contribution in [0, 0.1) is 13.8 Å². The zero-order valence-corrected chi connectivity index (χ0v) is 13.3. The molecule has 3 aromatic rings. The molecule has 0 radical (unpaired) electrons. The van der Waals surface area contributed by atoms with Crippen molar-refractivity contribution in [1.29, 1.82) is 0 Å². The first-order valence-corrected chi connectivity index (χ1v) is 7.40. The molecule has 2 aromatic carbocycles. The van der Waals surface area contributed by atoms with Gasteiger partial charge < -0.3 is 9.73 Å². The Bertz CT molecular complexity index is 816. The molecule has 3 rings (SSSR count). The van der Waals surface area contributed by atoms with Crippen molar-refractivity contribution in [1.82, 2.24) is 0 Å². The Morgan fingerprint density at radius 3 is 2.52 bits per heavy atom. The van der Waals surface area contributed by atoms with Gasteiger partial charge in [0.15, 0.2) is 5.76 Å². The topological polar surface area (TPSA) is 42.2 Å². The summed E-state index contributed by atoms with van der Waals surface area (Å²) in [4.78, 5) is 12.4. The first-order chi connectivity index (χ1) is 10.0. The summed E-state index contributed by atoms with van der Waals surface area (Å²) in [7, 11) is 0. The minimum Gasteiger partial charge on any atom is -0.451 e. The molecule has 0 aliphatic carbocycles. The highest BCUT2D eigenvalue weighted by Gasteiger charge is 2.14. The van der Waals surface area contributed by atoms with E-state index >= 15 is 0 Å². The molecule has 0 fully saturated rings. The number of rotatable bonds is 2. The van der Waals surface area contributed by atoms with Crippen LogP contribution in [0.15, 0.2) is 51.4 Å². The molecule has 1 aromatic heterocycles. The average Bonchev–Trinajstić information content (AvgIpc) is 2.86. The first kappa shape index (κ1) is 13.9. The van der Waals surface area contributed by atoms with Crippen molar-refractivity contribution in [3.8, 4) is 0 Å². The van der Waals surface area contributed by atoms with Crippen LogP contribution in [0.2, 0.25) is 0 Å². The highest BCUT2D eigenvalue weighted by atomic mass is 79.9. The normalized spacial score (nSPS) is 10.8. The number of fused-ring (bicyclic) bond motifs is 1. The summed E-state index contributed by atoms with van der Waals surface area (Å²) < 4.78 is 6.54. The van der Waals surface area contributed by atoms with Gasteiger partial charge in [-0.1, -0.05) is 34.1 Å². The molecule has 0 aliphatic rings. The Hall–Kier alpha value is -2.07. The van der Waals surface area contributed by atoms with Crippen molar-refractivity contribution in [2.45, 2.75) is 13.8 Å². The number of hydrogen-bond donors (Lipinski definition) is 1. The summed E-state index contributed by atoms with van der Waals surface area (Å²) in [5, 5.41) is 3.83. The minimum atomic E-state index is -0.236. The van der Waals surface area contributed by atoms with Crippen molar-refractivity contribution in [3.63, 3.8) is 0 Å². The van der Waals surface area contributed by atoms with Crippen molar-refractivity contribution in [3.05, 3.63) is 63.8 Å². The third-order valence-electron chi connectivity index (χ3n) is 3.43. The van der Waals surface area contributed by atoms with Crippen LogP contribution >= 0.6 is 15.9 Å². The Morgan fingerprint density at radius 2 is 1.81 bits per heavy atom. The molecule has 106 valence electrons. The summed E-state index contributed by atoms with van der Waals surface area (Å²) in [5.74, 6) is 0.0745. The van der Waals surface area contributed by atoms with Gasteiger partial charge in [-0.2, -0.15) is 0 Å². The maximum atomic E-state index is 12.4. The van der Waals surface area contributed by atoms with Crippen LogP contribution < -0.4 is 5.32 Å². The van der Waals surface area contributed by atoms with E-state index < -0.39 is 0 Å². The molecule has 1 amide bonds. The monoisotopic (exact) mass is 343 g/mol. The summed E-state index contributed by atoms with van der Waals surface area (Å²) in [6.45, 7) is 3.94. The van der Waals surface area contributed by atoms with Gasteiger partial charge in [-0.3, -0.25) is 4.79 Å². The molecule has 3 nitrogen and oxygen atoms in total. The molecule has 1 heterocycles. The highest BCUT2D eigenvalue weighted by Crippen LogP contribution is 2.25. The fourth-order valence-corrected chi connectivity index (χ4v) is 2.64. The number of halogens is 1. The van der Waals surface area contributed by atoms with Crippen LogP contribution in [0.3, 0.4) is 0 Å². The Morgan fingerprint density at radius 1 is 1.10 bits per heavy atom. The number of carbonyl (C=O) groups excluding carboxylic acids is 1. The van der Waals surface area contributed by atoms with E-state index in [1.807, 2.05) is 50.2 Å². The third kappa shape index (κ3) is 2.72. The van der Waals surface area contributed by atoms with Crippen LogP contribution in [0.5, 0.6) is 0 Å². The number of aryl methyl sites for hydroxylation is 2. The van der Waals surface area contributed by atoms with Crippen molar-refractivity contribution >= 4 is 38.5 Å². The Balaban J connectivity index is 1.94. The second kappa shape index (κ2) is 5.37. The fraction of sp³-hybridized carbons (Fsp3) is 0.118. The fourth-order valence-electron chi connectivity index (χ4n) is 2.30. The molecule has 0 saturated carbocycles. The van der Waals surface area contributed by atoms with Crippen LogP contribution in [-0.2, 0) is 0 Å². The molecule has 1 N–H and O–H groups in total. The van der Waals surface area contributed by atoms with E-state index in [1.165, 1.54) is 0 Å². The second-order valence-corrected chi connectivity index (χ2v) is 5.93. The first-order valence-electron chi connectivity index (χ1n) is 6.61. The zero-order valence-electron chi connectivity index (χ0n) is 11.7. The van der Waals surface area contributed by atoms with E-state index in [1.54, 1.807) is 6.07 Å². The van der Waals surface area contributed by atoms with Crippen molar-refractivity contribution in [2.24, 2.45) is 0 Å². The largest absolute Gasteiger partial charge is 0.451 e. The molecular formula is C17H14BrNO2. The number of benzene rings is 2. The quantitative estimate of drug-likeness (QED) is 0.706. The summed E-state index contributed by atoms with van der Waals surface area (Å²) in [6, 6.07) is 13.4. The lowest BCUT2D eigenvalue weighted by Crippen LogP contribution is -2.12. The molecule has 0 saturated heterocycles. The number of furan rings is 1. The number of carbonyl (C=O) groups is 1. The smallest absolute Gasteiger partial charge is 0.291 e.